The van der Waals surface area contributed by atoms with Crippen molar-refractivity contribution in [3.8, 4) is 0 Å². The second kappa shape index (κ2) is 7.96. The molecule has 4 nitrogen and oxygen atoms in total. The van der Waals surface area contributed by atoms with Crippen LogP contribution < -0.4 is 0 Å². The summed E-state index contributed by atoms with van der Waals surface area (Å²) in [5, 5.41) is 0.628. The first kappa shape index (κ1) is 19.0. The summed E-state index contributed by atoms with van der Waals surface area (Å²) in [5.74, 6) is 1.71. The van der Waals surface area contributed by atoms with Crippen LogP contribution in [0.15, 0.2) is 42.5 Å². The smallest absolute Gasteiger partial charge is 0.254 e. The molecule has 3 aromatic rings. The topological polar surface area (TPSA) is 38.1 Å². The molecule has 0 radical (unpaired) electrons. The van der Waals surface area contributed by atoms with Gasteiger partial charge in [-0.05, 0) is 61.9 Å². The molecule has 146 valence electrons. The third-order valence-electron chi connectivity index (χ3n) is 5.40. The van der Waals surface area contributed by atoms with Crippen LogP contribution in [0, 0.1) is 12.8 Å². The molecule has 1 amide bonds. The summed E-state index contributed by atoms with van der Waals surface area (Å²) in [4.78, 5) is 20.0. The normalized spacial score (nSPS) is 13.8. The Morgan fingerprint density at radius 2 is 2.04 bits per heavy atom. The predicted molar refractivity (Wildman–Crippen MR) is 114 cm³/mol. The Kier molecular flexibility index (Phi) is 5.40. The van der Waals surface area contributed by atoms with E-state index < -0.39 is 0 Å². The van der Waals surface area contributed by atoms with Crippen LogP contribution in [0.25, 0.3) is 11.0 Å². The number of amides is 1. The zero-order valence-corrected chi connectivity index (χ0v) is 17.2. The van der Waals surface area contributed by atoms with E-state index in [1.54, 1.807) is 6.07 Å². The van der Waals surface area contributed by atoms with Crippen LogP contribution in [0.2, 0.25) is 5.02 Å². The van der Waals surface area contributed by atoms with Crippen molar-refractivity contribution in [3.63, 3.8) is 0 Å². The van der Waals surface area contributed by atoms with Crippen LogP contribution in [0.1, 0.15) is 47.9 Å². The van der Waals surface area contributed by atoms with E-state index in [-0.39, 0.29) is 5.91 Å². The van der Waals surface area contributed by atoms with E-state index in [1.165, 1.54) is 12.8 Å². The maximum absolute atomic E-state index is 13.2. The molecule has 0 unspecified atom stereocenters. The maximum Gasteiger partial charge on any atom is 0.254 e. The average Bonchev–Trinajstić information content (AvgIpc) is 3.45. The SMILES string of the molecule is CCCN(Cc1nc2ccccc2n1CC1CC1)C(=O)c1ccc(C)c(Cl)c1. The number of halogens is 1. The van der Waals surface area contributed by atoms with E-state index in [0.29, 0.717) is 23.7 Å². The Balaban J connectivity index is 1.65. The highest BCUT2D eigenvalue weighted by Crippen LogP contribution is 2.32. The molecular weight excluding hydrogens is 370 g/mol. The summed E-state index contributed by atoms with van der Waals surface area (Å²) in [6.45, 7) is 6.23. The molecule has 1 aromatic heterocycles. The van der Waals surface area contributed by atoms with Gasteiger partial charge in [0.25, 0.3) is 5.91 Å². The van der Waals surface area contributed by atoms with Crippen molar-refractivity contribution in [3.05, 3.63) is 64.4 Å². The summed E-state index contributed by atoms with van der Waals surface area (Å²) in [6, 6.07) is 13.8. The van der Waals surface area contributed by atoms with Crippen molar-refractivity contribution < 1.29 is 4.79 Å². The van der Waals surface area contributed by atoms with E-state index >= 15 is 0 Å². The third-order valence-corrected chi connectivity index (χ3v) is 5.81. The average molecular weight is 396 g/mol. The molecule has 0 atom stereocenters. The fourth-order valence-corrected chi connectivity index (χ4v) is 3.79. The van der Waals surface area contributed by atoms with Gasteiger partial charge in [-0.25, -0.2) is 4.98 Å². The number of hydrogen-bond donors (Lipinski definition) is 0. The fraction of sp³-hybridized carbons (Fsp3) is 0.391. The van der Waals surface area contributed by atoms with E-state index in [0.717, 1.165) is 41.3 Å². The van der Waals surface area contributed by atoms with Gasteiger partial charge in [0.1, 0.15) is 5.82 Å². The van der Waals surface area contributed by atoms with Crippen LogP contribution in [0.4, 0.5) is 0 Å². The minimum atomic E-state index is 0.00813. The molecule has 1 heterocycles. The number of aromatic nitrogens is 2. The quantitative estimate of drug-likeness (QED) is 0.532. The highest BCUT2D eigenvalue weighted by atomic mass is 35.5. The Bertz CT molecular complexity index is 1010. The van der Waals surface area contributed by atoms with Crippen LogP contribution in [0.3, 0.4) is 0 Å². The van der Waals surface area contributed by atoms with E-state index in [4.69, 9.17) is 16.6 Å². The number of carbonyl (C=O) groups is 1. The molecule has 0 N–H and O–H groups in total. The van der Waals surface area contributed by atoms with Crippen molar-refractivity contribution in [1.82, 2.24) is 14.5 Å². The van der Waals surface area contributed by atoms with Crippen LogP contribution >= 0.6 is 11.6 Å². The molecule has 2 aromatic carbocycles. The minimum Gasteiger partial charge on any atom is -0.331 e. The lowest BCUT2D eigenvalue weighted by atomic mass is 10.1. The summed E-state index contributed by atoms with van der Waals surface area (Å²) in [5.41, 5.74) is 3.77. The summed E-state index contributed by atoms with van der Waals surface area (Å²) in [7, 11) is 0. The molecule has 1 aliphatic carbocycles. The lowest BCUT2D eigenvalue weighted by molar-refractivity contribution is 0.0737. The lowest BCUT2D eigenvalue weighted by Crippen LogP contribution is -2.32. The molecule has 5 heteroatoms. The van der Waals surface area contributed by atoms with Gasteiger partial charge in [-0.3, -0.25) is 4.79 Å². The number of fused-ring (bicyclic) bond motifs is 1. The van der Waals surface area contributed by atoms with Gasteiger partial charge in [0.2, 0.25) is 0 Å². The van der Waals surface area contributed by atoms with Gasteiger partial charge in [0.05, 0.1) is 17.6 Å². The molecule has 4 rings (SSSR count). The predicted octanol–water partition coefficient (Wildman–Crippen LogP) is 5.46. The molecule has 0 bridgehead atoms. The van der Waals surface area contributed by atoms with Gasteiger partial charge in [-0.2, -0.15) is 0 Å². The number of rotatable bonds is 7. The first-order valence-electron chi connectivity index (χ1n) is 10.1. The number of aryl methyl sites for hydroxylation is 1. The first-order chi connectivity index (χ1) is 13.6. The maximum atomic E-state index is 13.2. The van der Waals surface area contributed by atoms with Gasteiger partial charge in [-0.1, -0.05) is 36.7 Å². The summed E-state index contributed by atoms with van der Waals surface area (Å²) < 4.78 is 2.31. The van der Waals surface area contributed by atoms with E-state index in [9.17, 15) is 4.79 Å². The van der Waals surface area contributed by atoms with Crippen molar-refractivity contribution in [2.45, 2.75) is 46.2 Å². The monoisotopic (exact) mass is 395 g/mol. The fourth-order valence-electron chi connectivity index (χ4n) is 3.61. The molecule has 1 saturated carbocycles. The first-order valence-corrected chi connectivity index (χ1v) is 10.4. The number of hydrogen-bond acceptors (Lipinski definition) is 2. The number of nitrogens with zero attached hydrogens (tertiary/aromatic N) is 3. The largest absolute Gasteiger partial charge is 0.331 e. The van der Waals surface area contributed by atoms with Gasteiger partial charge in [-0.15, -0.1) is 0 Å². The Morgan fingerprint density at radius 1 is 1.25 bits per heavy atom. The zero-order chi connectivity index (χ0) is 19.7. The van der Waals surface area contributed by atoms with Crippen LogP contribution in [-0.4, -0.2) is 26.9 Å². The van der Waals surface area contributed by atoms with Gasteiger partial charge in [0, 0.05) is 23.7 Å². The van der Waals surface area contributed by atoms with Crippen molar-refractivity contribution in [2.24, 2.45) is 5.92 Å². The van der Waals surface area contributed by atoms with Gasteiger partial charge >= 0.3 is 0 Å². The standard InChI is InChI=1S/C23H26ClN3O/c1-3-12-26(23(28)18-11-8-16(2)19(24)13-18)15-22-25-20-6-4-5-7-21(20)27(22)14-17-9-10-17/h4-8,11,13,17H,3,9-10,12,14-15H2,1-2H3. The molecule has 1 fully saturated rings. The second-order valence-corrected chi connectivity index (χ2v) is 8.17. The number of carbonyl (C=O) groups excluding carboxylic acids is 1. The Morgan fingerprint density at radius 3 is 2.75 bits per heavy atom. The van der Waals surface area contributed by atoms with E-state index in [2.05, 4.69) is 23.6 Å². The summed E-state index contributed by atoms with van der Waals surface area (Å²) in [6.07, 6.45) is 3.46. The Labute approximate surface area is 171 Å². The zero-order valence-electron chi connectivity index (χ0n) is 16.5. The molecule has 0 spiro atoms. The summed E-state index contributed by atoms with van der Waals surface area (Å²) >= 11 is 6.26. The minimum absolute atomic E-state index is 0.00813. The van der Waals surface area contributed by atoms with Crippen molar-refractivity contribution in [1.29, 1.82) is 0 Å². The van der Waals surface area contributed by atoms with Crippen molar-refractivity contribution in [2.75, 3.05) is 6.54 Å². The Hall–Kier alpha value is -2.33. The van der Waals surface area contributed by atoms with Crippen LogP contribution in [0.5, 0.6) is 0 Å². The second-order valence-electron chi connectivity index (χ2n) is 7.76. The molecule has 0 aliphatic heterocycles. The number of para-hydroxylation sites is 2. The van der Waals surface area contributed by atoms with Crippen molar-refractivity contribution >= 4 is 28.5 Å². The molecule has 1 aliphatic rings. The number of benzene rings is 2. The van der Waals surface area contributed by atoms with Gasteiger partial charge in [0.15, 0.2) is 0 Å². The van der Waals surface area contributed by atoms with Crippen LogP contribution in [-0.2, 0) is 13.1 Å². The highest BCUT2D eigenvalue weighted by Gasteiger charge is 2.25. The van der Waals surface area contributed by atoms with Gasteiger partial charge < -0.3 is 9.47 Å². The third kappa shape index (κ3) is 3.93. The highest BCUT2D eigenvalue weighted by molar-refractivity contribution is 6.31. The molecular formula is C23H26ClN3O. The lowest BCUT2D eigenvalue weighted by Gasteiger charge is -2.23. The van der Waals surface area contributed by atoms with E-state index in [1.807, 2.05) is 36.1 Å². The molecule has 0 saturated heterocycles. The number of imidazole rings is 1. The molecule has 28 heavy (non-hydrogen) atoms.